The van der Waals surface area contributed by atoms with Crippen LogP contribution in [0.3, 0.4) is 0 Å². The maximum atomic E-state index is 12.8. The molecular weight excluding hydrogens is 303 g/mol. The Labute approximate surface area is 131 Å². The highest BCUT2D eigenvalue weighted by Gasteiger charge is 2.30. The summed E-state index contributed by atoms with van der Waals surface area (Å²) in [4.78, 5) is 0. The van der Waals surface area contributed by atoms with Crippen LogP contribution in [0.15, 0.2) is 54.7 Å². The zero-order valence-electron chi connectivity index (χ0n) is 12.3. The number of nitrogen functional groups attached to an aromatic ring is 1. The summed E-state index contributed by atoms with van der Waals surface area (Å²) in [6.45, 7) is 1.96. The zero-order valence-corrected chi connectivity index (χ0v) is 12.3. The van der Waals surface area contributed by atoms with Crippen molar-refractivity contribution in [3.63, 3.8) is 0 Å². The van der Waals surface area contributed by atoms with Gasteiger partial charge in [-0.25, -0.2) is 4.68 Å². The fraction of sp³-hybridized carbons (Fsp3) is 0.118. The number of hydrogen-bond acceptors (Lipinski definition) is 2. The molecule has 1 aromatic heterocycles. The lowest BCUT2D eigenvalue weighted by atomic mass is 10.1. The molecule has 0 aliphatic carbocycles. The first-order valence-electron chi connectivity index (χ1n) is 6.94. The number of aromatic nitrogens is 2. The van der Waals surface area contributed by atoms with Gasteiger partial charge < -0.3 is 5.73 Å². The van der Waals surface area contributed by atoms with Crippen LogP contribution in [0.25, 0.3) is 16.8 Å². The maximum absolute atomic E-state index is 12.8. The van der Waals surface area contributed by atoms with Crippen molar-refractivity contribution in [2.45, 2.75) is 13.1 Å². The number of halogens is 3. The Kier molecular flexibility index (Phi) is 3.60. The third kappa shape index (κ3) is 2.92. The van der Waals surface area contributed by atoms with Gasteiger partial charge in [0.25, 0.3) is 0 Å². The third-order valence-corrected chi connectivity index (χ3v) is 3.55. The van der Waals surface area contributed by atoms with Crippen molar-refractivity contribution < 1.29 is 13.2 Å². The van der Waals surface area contributed by atoms with Crippen LogP contribution < -0.4 is 5.73 Å². The first-order chi connectivity index (χ1) is 10.9. The molecule has 2 N–H and O–H groups in total. The van der Waals surface area contributed by atoms with Crippen molar-refractivity contribution in [3.8, 4) is 16.8 Å². The summed E-state index contributed by atoms with van der Waals surface area (Å²) in [6, 6.07) is 12.6. The first kappa shape index (κ1) is 15.1. The molecule has 3 rings (SSSR count). The van der Waals surface area contributed by atoms with Crippen LogP contribution in [-0.2, 0) is 6.18 Å². The monoisotopic (exact) mass is 317 g/mol. The molecule has 2 aromatic carbocycles. The van der Waals surface area contributed by atoms with E-state index in [-0.39, 0.29) is 5.69 Å². The molecule has 0 spiro atoms. The highest BCUT2D eigenvalue weighted by Crippen LogP contribution is 2.32. The average molecular weight is 317 g/mol. The van der Waals surface area contributed by atoms with Crippen LogP contribution in [0.1, 0.15) is 11.1 Å². The summed E-state index contributed by atoms with van der Waals surface area (Å²) in [5.41, 5.74) is 8.26. The number of aryl methyl sites for hydroxylation is 1. The summed E-state index contributed by atoms with van der Waals surface area (Å²) >= 11 is 0. The molecule has 0 atom stereocenters. The van der Waals surface area contributed by atoms with E-state index in [0.717, 1.165) is 23.3 Å². The molecule has 0 fully saturated rings. The van der Waals surface area contributed by atoms with Crippen LogP contribution in [-0.4, -0.2) is 9.78 Å². The molecule has 3 aromatic rings. The van der Waals surface area contributed by atoms with E-state index in [0.29, 0.717) is 11.4 Å². The lowest BCUT2D eigenvalue weighted by Crippen LogP contribution is -2.07. The minimum Gasteiger partial charge on any atom is -0.383 e. The smallest absolute Gasteiger partial charge is 0.383 e. The van der Waals surface area contributed by atoms with E-state index in [1.165, 1.54) is 10.7 Å². The third-order valence-electron chi connectivity index (χ3n) is 3.55. The van der Waals surface area contributed by atoms with Crippen LogP contribution in [0.2, 0.25) is 0 Å². The topological polar surface area (TPSA) is 43.8 Å². The summed E-state index contributed by atoms with van der Waals surface area (Å²) in [6.07, 6.45) is -2.85. The maximum Gasteiger partial charge on any atom is 0.416 e. The predicted octanol–water partition coefficient (Wildman–Crippen LogP) is 4.45. The van der Waals surface area contributed by atoms with Crippen molar-refractivity contribution in [2.75, 3.05) is 5.73 Å². The van der Waals surface area contributed by atoms with Crippen LogP contribution >= 0.6 is 0 Å². The second kappa shape index (κ2) is 5.46. The Morgan fingerprint density at radius 3 is 2.48 bits per heavy atom. The molecule has 6 heteroatoms. The molecule has 118 valence electrons. The minimum absolute atomic E-state index is 0.274. The standard InChI is InChI=1S/C17H14F3N3/c1-11-4-2-5-12(8-11)15-10-22-23(16(15)21)14-7-3-6-13(9-14)17(18,19)20/h2-10H,21H2,1H3. The van der Waals surface area contributed by atoms with Crippen LogP contribution in [0.4, 0.5) is 19.0 Å². The molecule has 0 bridgehead atoms. The van der Waals surface area contributed by atoms with Gasteiger partial charge in [0.15, 0.2) is 0 Å². The Hall–Kier alpha value is -2.76. The normalized spacial score (nSPS) is 11.7. The summed E-state index contributed by atoms with van der Waals surface area (Å²) in [5, 5.41) is 4.14. The number of benzene rings is 2. The van der Waals surface area contributed by atoms with E-state index < -0.39 is 11.7 Å². The summed E-state index contributed by atoms with van der Waals surface area (Å²) in [5.74, 6) is 0.301. The molecule has 0 aliphatic rings. The minimum atomic E-state index is -4.41. The quantitative estimate of drug-likeness (QED) is 0.759. The van der Waals surface area contributed by atoms with E-state index in [1.807, 2.05) is 31.2 Å². The number of nitrogens with zero attached hydrogens (tertiary/aromatic N) is 2. The number of anilines is 1. The molecule has 0 radical (unpaired) electrons. The number of alkyl halides is 3. The Morgan fingerprint density at radius 1 is 1.04 bits per heavy atom. The number of rotatable bonds is 2. The van der Waals surface area contributed by atoms with Gasteiger partial charge in [0.1, 0.15) is 5.82 Å². The van der Waals surface area contributed by atoms with Gasteiger partial charge in [-0.1, -0.05) is 35.9 Å². The fourth-order valence-electron chi connectivity index (χ4n) is 2.41. The lowest BCUT2D eigenvalue weighted by Gasteiger charge is -2.10. The largest absolute Gasteiger partial charge is 0.416 e. The molecule has 0 unspecified atom stereocenters. The second-order valence-corrected chi connectivity index (χ2v) is 5.27. The Balaban J connectivity index is 2.06. The van der Waals surface area contributed by atoms with Crippen LogP contribution in [0.5, 0.6) is 0 Å². The Morgan fingerprint density at radius 2 is 1.78 bits per heavy atom. The van der Waals surface area contributed by atoms with E-state index in [4.69, 9.17) is 5.73 Å². The molecule has 0 saturated carbocycles. The van der Waals surface area contributed by atoms with E-state index in [1.54, 1.807) is 12.3 Å². The molecule has 3 nitrogen and oxygen atoms in total. The molecule has 0 amide bonds. The van der Waals surface area contributed by atoms with Gasteiger partial charge >= 0.3 is 6.18 Å². The molecule has 0 saturated heterocycles. The van der Waals surface area contributed by atoms with Crippen molar-refractivity contribution >= 4 is 5.82 Å². The van der Waals surface area contributed by atoms with Crippen molar-refractivity contribution in [2.24, 2.45) is 0 Å². The summed E-state index contributed by atoms with van der Waals surface area (Å²) < 4.78 is 39.8. The average Bonchev–Trinajstić information content (AvgIpc) is 2.88. The van der Waals surface area contributed by atoms with Crippen molar-refractivity contribution in [1.29, 1.82) is 0 Å². The fourth-order valence-corrected chi connectivity index (χ4v) is 2.41. The highest BCUT2D eigenvalue weighted by atomic mass is 19.4. The first-order valence-corrected chi connectivity index (χ1v) is 6.94. The number of hydrogen-bond donors (Lipinski definition) is 1. The van der Waals surface area contributed by atoms with Gasteiger partial charge in [0, 0.05) is 5.56 Å². The number of nitrogens with two attached hydrogens (primary N) is 1. The second-order valence-electron chi connectivity index (χ2n) is 5.27. The van der Waals surface area contributed by atoms with Gasteiger partial charge in [-0.2, -0.15) is 18.3 Å². The molecule has 23 heavy (non-hydrogen) atoms. The SMILES string of the molecule is Cc1cccc(-c2cnn(-c3cccc(C(F)(F)F)c3)c2N)c1. The van der Waals surface area contributed by atoms with E-state index in [9.17, 15) is 13.2 Å². The predicted molar refractivity (Wildman–Crippen MR) is 83.2 cm³/mol. The van der Waals surface area contributed by atoms with Crippen LogP contribution in [0, 0.1) is 6.92 Å². The zero-order chi connectivity index (χ0) is 16.6. The van der Waals surface area contributed by atoms with Crippen molar-refractivity contribution in [3.05, 3.63) is 65.9 Å². The van der Waals surface area contributed by atoms with Gasteiger partial charge in [0.2, 0.25) is 0 Å². The van der Waals surface area contributed by atoms with Gasteiger partial charge in [-0.3, -0.25) is 0 Å². The van der Waals surface area contributed by atoms with Gasteiger partial charge in [-0.05, 0) is 30.7 Å². The summed E-state index contributed by atoms with van der Waals surface area (Å²) in [7, 11) is 0. The molecule has 0 aliphatic heterocycles. The van der Waals surface area contributed by atoms with Crippen molar-refractivity contribution in [1.82, 2.24) is 9.78 Å². The van der Waals surface area contributed by atoms with Gasteiger partial charge in [-0.15, -0.1) is 0 Å². The highest BCUT2D eigenvalue weighted by molar-refractivity contribution is 5.75. The van der Waals surface area contributed by atoms with Gasteiger partial charge in [0.05, 0.1) is 17.4 Å². The lowest BCUT2D eigenvalue weighted by molar-refractivity contribution is -0.137. The molecular formula is C17H14F3N3. The van der Waals surface area contributed by atoms with E-state index >= 15 is 0 Å². The molecule has 1 heterocycles. The Bertz CT molecular complexity index is 850. The van der Waals surface area contributed by atoms with E-state index in [2.05, 4.69) is 5.10 Å².